The maximum atomic E-state index is 9.02. The lowest BCUT2D eigenvalue weighted by Crippen LogP contribution is -2.29. The molecule has 106 valence electrons. The van der Waals surface area contributed by atoms with Crippen LogP contribution >= 0.6 is 0 Å². The Morgan fingerprint density at radius 3 is 2.26 bits per heavy atom. The van der Waals surface area contributed by atoms with E-state index in [9.17, 15) is 0 Å². The predicted molar refractivity (Wildman–Crippen MR) is 79.7 cm³/mol. The summed E-state index contributed by atoms with van der Waals surface area (Å²) in [5, 5.41) is 12.6. The van der Waals surface area contributed by atoms with Gasteiger partial charge >= 0.3 is 0 Å². The molecule has 1 aromatic rings. The summed E-state index contributed by atoms with van der Waals surface area (Å²) in [4.78, 5) is 0. The molecule has 1 heterocycles. The molecule has 0 aromatic carbocycles. The van der Waals surface area contributed by atoms with Gasteiger partial charge in [-0.25, -0.2) is 0 Å². The normalized spacial score (nSPS) is 11.6. The molecule has 0 amide bonds. The van der Waals surface area contributed by atoms with E-state index in [4.69, 9.17) is 5.26 Å². The average molecular weight is 261 g/mol. The second-order valence-electron chi connectivity index (χ2n) is 6.09. The molecular formula is C16H27N3. The molecule has 3 nitrogen and oxygen atoms in total. The van der Waals surface area contributed by atoms with Crippen LogP contribution < -0.4 is 5.32 Å². The minimum absolute atomic E-state index is 0.694. The van der Waals surface area contributed by atoms with Crippen molar-refractivity contribution in [1.82, 2.24) is 9.88 Å². The highest BCUT2D eigenvalue weighted by molar-refractivity contribution is 5.33. The quantitative estimate of drug-likeness (QED) is 0.854. The summed E-state index contributed by atoms with van der Waals surface area (Å²) < 4.78 is 1.96. The fraction of sp³-hybridized carbons (Fsp3) is 0.688. The second kappa shape index (κ2) is 6.77. The number of nitrogens with one attached hydrogen (secondary N) is 1. The van der Waals surface area contributed by atoms with Gasteiger partial charge in [-0.2, -0.15) is 5.26 Å². The lowest BCUT2D eigenvalue weighted by molar-refractivity contribution is 0.275. The number of hydrogen-bond donors (Lipinski definition) is 1. The maximum absolute atomic E-state index is 9.02. The van der Waals surface area contributed by atoms with E-state index in [1.54, 1.807) is 0 Å². The largest absolute Gasteiger partial charge is 0.340 e. The van der Waals surface area contributed by atoms with Crippen LogP contribution in [0.5, 0.6) is 0 Å². The Hall–Kier alpha value is -1.27. The first-order chi connectivity index (χ1) is 8.88. The zero-order valence-electron chi connectivity index (χ0n) is 13.1. The van der Waals surface area contributed by atoms with Crippen molar-refractivity contribution in [2.75, 3.05) is 6.54 Å². The van der Waals surface area contributed by atoms with Crippen LogP contribution in [0.1, 0.15) is 44.6 Å². The molecule has 0 unspecified atom stereocenters. The molecule has 0 spiro atoms. The molecule has 3 heteroatoms. The van der Waals surface area contributed by atoms with E-state index in [1.165, 1.54) is 11.3 Å². The number of hydrogen-bond acceptors (Lipinski definition) is 2. The van der Waals surface area contributed by atoms with Crippen molar-refractivity contribution in [2.24, 2.45) is 24.8 Å². The molecule has 0 saturated heterocycles. The lowest BCUT2D eigenvalue weighted by Gasteiger charge is -2.25. The van der Waals surface area contributed by atoms with Crippen LogP contribution in [0.15, 0.2) is 6.07 Å². The zero-order chi connectivity index (χ0) is 14.6. The summed E-state index contributed by atoms with van der Waals surface area (Å²) in [5.74, 6) is 2.08. The number of aromatic nitrogens is 1. The van der Waals surface area contributed by atoms with Gasteiger partial charge in [0.15, 0.2) is 0 Å². The molecule has 1 N–H and O–H groups in total. The van der Waals surface area contributed by atoms with Gasteiger partial charge in [-0.15, -0.1) is 0 Å². The van der Waals surface area contributed by atoms with Crippen LogP contribution in [0, 0.1) is 36.0 Å². The van der Waals surface area contributed by atoms with Gasteiger partial charge in [-0.1, -0.05) is 27.7 Å². The van der Waals surface area contributed by atoms with Crippen molar-refractivity contribution in [3.63, 3.8) is 0 Å². The summed E-state index contributed by atoms with van der Waals surface area (Å²) in [5.41, 5.74) is 3.14. The molecule has 0 bridgehead atoms. The van der Waals surface area contributed by atoms with Crippen LogP contribution in [0.2, 0.25) is 0 Å². The van der Waals surface area contributed by atoms with E-state index >= 15 is 0 Å². The zero-order valence-corrected chi connectivity index (χ0v) is 13.1. The maximum Gasteiger partial charge on any atom is 0.120 e. The minimum Gasteiger partial charge on any atom is -0.340 e. The van der Waals surface area contributed by atoms with Gasteiger partial charge < -0.3 is 9.88 Å². The fourth-order valence-corrected chi connectivity index (χ4v) is 2.66. The van der Waals surface area contributed by atoms with Crippen LogP contribution in [-0.4, -0.2) is 11.1 Å². The van der Waals surface area contributed by atoms with E-state index in [2.05, 4.69) is 46.0 Å². The lowest BCUT2D eigenvalue weighted by atomic mass is 9.85. The van der Waals surface area contributed by atoms with Crippen molar-refractivity contribution in [2.45, 2.75) is 41.2 Å². The van der Waals surface area contributed by atoms with Gasteiger partial charge in [-0.3, -0.25) is 0 Å². The third-order valence-electron chi connectivity index (χ3n) is 4.16. The average Bonchev–Trinajstić information content (AvgIpc) is 2.61. The predicted octanol–water partition coefficient (Wildman–Crippen LogP) is 3.22. The van der Waals surface area contributed by atoms with Gasteiger partial charge in [0, 0.05) is 19.3 Å². The van der Waals surface area contributed by atoms with Gasteiger partial charge in [0.1, 0.15) is 11.8 Å². The SMILES string of the molecule is Cc1c(CNCC(C(C)C)C(C)C)cc(C#N)n1C. The molecule has 0 atom stereocenters. The van der Waals surface area contributed by atoms with E-state index in [-0.39, 0.29) is 0 Å². The number of nitrogens with zero attached hydrogens (tertiary/aromatic N) is 2. The van der Waals surface area contributed by atoms with Crippen LogP contribution in [0.4, 0.5) is 0 Å². The van der Waals surface area contributed by atoms with Crippen molar-refractivity contribution in [1.29, 1.82) is 5.26 Å². The highest BCUT2D eigenvalue weighted by Gasteiger charge is 2.17. The van der Waals surface area contributed by atoms with Crippen molar-refractivity contribution in [3.05, 3.63) is 23.0 Å². The minimum atomic E-state index is 0.694. The highest BCUT2D eigenvalue weighted by Crippen LogP contribution is 2.20. The smallest absolute Gasteiger partial charge is 0.120 e. The third-order valence-corrected chi connectivity index (χ3v) is 4.16. The summed E-state index contributed by atoms with van der Waals surface area (Å²) >= 11 is 0. The fourth-order valence-electron chi connectivity index (χ4n) is 2.66. The first-order valence-electron chi connectivity index (χ1n) is 7.14. The number of nitriles is 1. The standard InChI is InChI=1S/C16H27N3/c1-11(2)16(12(3)4)10-18-9-14-7-15(8-17)19(6)13(14)5/h7,11-12,16,18H,9-10H2,1-6H3. The van der Waals surface area contributed by atoms with E-state index in [1.807, 2.05) is 17.7 Å². The van der Waals surface area contributed by atoms with Gasteiger partial charge in [-0.05, 0) is 42.9 Å². The van der Waals surface area contributed by atoms with E-state index in [0.29, 0.717) is 17.8 Å². The third kappa shape index (κ3) is 3.84. The topological polar surface area (TPSA) is 40.8 Å². The Kier molecular flexibility index (Phi) is 5.62. The van der Waals surface area contributed by atoms with Crippen molar-refractivity contribution in [3.8, 4) is 6.07 Å². The molecule has 0 aliphatic carbocycles. The molecule has 0 fully saturated rings. The highest BCUT2D eigenvalue weighted by atomic mass is 15.0. The van der Waals surface area contributed by atoms with Crippen molar-refractivity contribution >= 4 is 0 Å². The Bertz CT molecular complexity index is 441. The van der Waals surface area contributed by atoms with Crippen LogP contribution in [0.25, 0.3) is 0 Å². The van der Waals surface area contributed by atoms with Gasteiger partial charge in [0.05, 0.1) is 0 Å². The van der Waals surface area contributed by atoms with Crippen molar-refractivity contribution < 1.29 is 0 Å². The molecule has 1 rings (SSSR count). The molecule has 0 aliphatic rings. The summed E-state index contributed by atoms with van der Waals surface area (Å²) in [6, 6.07) is 4.22. The Morgan fingerprint density at radius 1 is 1.26 bits per heavy atom. The van der Waals surface area contributed by atoms with Gasteiger partial charge in [0.2, 0.25) is 0 Å². The van der Waals surface area contributed by atoms with E-state index in [0.717, 1.165) is 18.8 Å². The Labute approximate surface area is 117 Å². The molecule has 1 aromatic heterocycles. The number of rotatable bonds is 6. The molecule has 19 heavy (non-hydrogen) atoms. The first-order valence-corrected chi connectivity index (χ1v) is 7.14. The molecule has 0 saturated carbocycles. The monoisotopic (exact) mass is 261 g/mol. The van der Waals surface area contributed by atoms with Crippen LogP contribution in [0.3, 0.4) is 0 Å². The molecular weight excluding hydrogens is 234 g/mol. The summed E-state index contributed by atoms with van der Waals surface area (Å²) in [6.07, 6.45) is 0. The van der Waals surface area contributed by atoms with Gasteiger partial charge in [0.25, 0.3) is 0 Å². The summed E-state index contributed by atoms with van der Waals surface area (Å²) in [7, 11) is 1.95. The van der Waals surface area contributed by atoms with Crippen LogP contribution in [-0.2, 0) is 13.6 Å². The molecule has 0 radical (unpaired) electrons. The summed E-state index contributed by atoms with van der Waals surface area (Å²) in [6.45, 7) is 13.1. The Morgan fingerprint density at radius 2 is 1.84 bits per heavy atom. The molecule has 0 aliphatic heterocycles. The Balaban J connectivity index is 2.61. The first kappa shape index (κ1) is 15.8. The van der Waals surface area contributed by atoms with E-state index < -0.39 is 0 Å². The second-order valence-corrected chi connectivity index (χ2v) is 6.09.